The van der Waals surface area contributed by atoms with Crippen molar-refractivity contribution in [2.24, 2.45) is 0 Å². The van der Waals surface area contributed by atoms with Crippen molar-refractivity contribution in [2.45, 2.75) is 18.0 Å². The molecule has 1 heterocycles. The van der Waals surface area contributed by atoms with Crippen LogP contribution >= 0.6 is 7.92 Å². The predicted molar refractivity (Wildman–Crippen MR) is 153 cm³/mol. The van der Waals surface area contributed by atoms with Crippen LogP contribution in [0.5, 0.6) is 0 Å². The molecule has 1 atom stereocenters. The van der Waals surface area contributed by atoms with Crippen molar-refractivity contribution in [3.8, 4) is 0 Å². The lowest BCUT2D eigenvalue weighted by Gasteiger charge is -2.48. The van der Waals surface area contributed by atoms with Crippen molar-refractivity contribution in [3.63, 3.8) is 0 Å². The first-order valence-electron chi connectivity index (χ1n) is 12.5. The van der Waals surface area contributed by atoms with Gasteiger partial charge in [0.2, 0.25) is 0 Å². The van der Waals surface area contributed by atoms with Gasteiger partial charge in [-0.3, -0.25) is 0 Å². The lowest BCUT2D eigenvalue weighted by atomic mass is 9.80. The zero-order valence-electron chi connectivity index (χ0n) is 19.8. The first-order chi connectivity index (χ1) is 17.4. The molecule has 35 heavy (non-hydrogen) atoms. The van der Waals surface area contributed by atoms with Crippen molar-refractivity contribution in [1.29, 1.82) is 0 Å². The van der Waals surface area contributed by atoms with E-state index in [4.69, 9.17) is 0 Å². The molecular weight excluding hydrogens is 439 g/mol. The molecule has 6 rings (SSSR count). The van der Waals surface area contributed by atoms with E-state index < -0.39 is 7.92 Å². The van der Waals surface area contributed by atoms with Crippen LogP contribution in [0.3, 0.4) is 0 Å². The third-order valence-corrected chi connectivity index (χ3v) is 10.6. The highest BCUT2D eigenvalue weighted by atomic mass is 31.1. The largest absolute Gasteiger partial charge is 0.0653 e. The molecular formula is C34H29P. The molecule has 1 heteroatoms. The van der Waals surface area contributed by atoms with Gasteiger partial charge in [-0.05, 0) is 51.8 Å². The summed E-state index contributed by atoms with van der Waals surface area (Å²) >= 11 is 0. The van der Waals surface area contributed by atoms with E-state index in [0.717, 1.165) is 6.42 Å². The van der Waals surface area contributed by atoms with Gasteiger partial charge in [-0.15, -0.1) is 0 Å². The van der Waals surface area contributed by atoms with Crippen LogP contribution in [0, 0.1) is 0 Å². The second-order valence-corrected chi connectivity index (χ2v) is 11.8. The molecule has 0 nitrogen and oxygen atoms in total. The quantitative estimate of drug-likeness (QED) is 0.231. The molecule has 0 aliphatic carbocycles. The number of allylic oxidation sites excluding steroid dienone is 1. The molecule has 1 aliphatic heterocycles. The minimum Gasteiger partial charge on any atom is -0.0622 e. The van der Waals surface area contributed by atoms with Crippen LogP contribution in [0.2, 0.25) is 0 Å². The Kier molecular flexibility index (Phi) is 6.07. The highest BCUT2D eigenvalue weighted by molar-refractivity contribution is 7.67. The van der Waals surface area contributed by atoms with Crippen molar-refractivity contribution >= 4 is 30.1 Å². The second kappa shape index (κ2) is 9.65. The highest BCUT2D eigenvalue weighted by Gasteiger charge is 2.47. The maximum atomic E-state index is 2.53. The van der Waals surface area contributed by atoms with Gasteiger partial charge in [-0.2, -0.15) is 0 Å². The van der Waals surface area contributed by atoms with Crippen molar-refractivity contribution in [2.75, 3.05) is 6.16 Å². The number of benzene rings is 5. The van der Waals surface area contributed by atoms with Crippen LogP contribution < -0.4 is 5.30 Å². The van der Waals surface area contributed by atoms with Crippen molar-refractivity contribution in [1.82, 2.24) is 0 Å². The maximum absolute atomic E-state index is 2.53. The number of rotatable bonds is 4. The molecule has 1 saturated heterocycles. The summed E-state index contributed by atoms with van der Waals surface area (Å²) in [5.41, 5.74) is 5.67. The fraction of sp³-hybridized carbons (Fsp3) is 0.118. The lowest BCUT2D eigenvalue weighted by Crippen LogP contribution is -2.36. The number of hydrogen-bond donors (Lipinski definition) is 0. The molecule has 5 aromatic rings. The minimum absolute atomic E-state index is 0.158. The Balaban J connectivity index is 1.68. The van der Waals surface area contributed by atoms with Crippen molar-refractivity contribution < 1.29 is 0 Å². The van der Waals surface area contributed by atoms with E-state index in [2.05, 4.69) is 140 Å². The van der Waals surface area contributed by atoms with Gasteiger partial charge in [0.25, 0.3) is 0 Å². The van der Waals surface area contributed by atoms with Crippen LogP contribution in [0.25, 0.3) is 16.8 Å². The van der Waals surface area contributed by atoms with Gasteiger partial charge in [0.05, 0.1) is 5.16 Å². The summed E-state index contributed by atoms with van der Waals surface area (Å²) in [7, 11) is -0.514. The highest BCUT2D eigenvalue weighted by Crippen LogP contribution is 2.66. The van der Waals surface area contributed by atoms with Crippen LogP contribution in [-0.2, 0) is 5.16 Å². The summed E-state index contributed by atoms with van der Waals surface area (Å²) in [4.78, 5) is 0. The number of hydrogen-bond acceptors (Lipinski definition) is 0. The van der Waals surface area contributed by atoms with E-state index in [1.54, 1.807) is 0 Å². The summed E-state index contributed by atoms with van der Waals surface area (Å²) in [6.45, 7) is 0. The average molecular weight is 469 g/mol. The molecule has 1 aliphatic rings. The molecule has 0 spiro atoms. The van der Waals surface area contributed by atoms with E-state index in [1.165, 1.54) is 50.9 Å². The standard InChI is InChI=1S/C34H29P/c1-4-17-29(18-5-1)34(30-19-6-2-7-20-30)31(21-13-25-35(34)32-22-8-3-9-23-32)26-28-16-12-15-27-14-10-11-24-33(27)28/h1-12,14-20,22-24,26H,13,21,25H2. The minimum atomic E-state index is -0.514. The Morgan fingerprint density at radius 2 is 1.14 bits per heavy atom. The first-order valence-corrected chi connectivity index (χ1v) is 14.0. The van der Waals surface area contributed by atoms with Gasteiger partial charge in [-0.25, -0.2) is 0 Å². The average Bonchev–Trinajstić information content (AvgIpc) is 2.94. The molecule has 0 bridgehead atoms. The Labute approximate surface area is 209 Å². The summed E-state index contributed by atoms with van der Waals surface area (Å²) in [5.74, 6) is 0. The molecule has 5 aromatic carbocycles. The topological polar surface area (TPSA) is 0 Å². The van der Waals surface area contributed by atoms with Crippen LogP contribution in [-0.4, -0.2) is 6.16 Å². The lowest BCUT2D eigenvalue weighted by molar-refractivity contribution is 0.732. The molecule has 0 aromatic heterocycles. The van der Waals surface area contributed by atoms with E-state index in [1.807, 2.05) is 0 Å². The molecule has 0 saturated carbocycles. The predicted octanol–water partition coefficient (Wildman–Crippen LogP) is 8.77. The third-order valence-electron chi connectivity index (χ3n) is 7.30. The normalized spacial score (nSPS) is 18.5. The Morgan fingerprint density at radius 1 is 0.571 bits per heavy atom. The Bertz CT molecular complexity index is 1410. The molecule has 170 valence electrons. The Hall–Kier alpha value is -3.47. The molecule has 0 radical (unpaired) electrons. The van der Waals surface area contributed by atoms with E-state index in [0.29, 0.717) is 0 Å². The van der Waals surface area contributed by atoms with E-state index in [-0.39, 0.29) is 5.16 Å². The summed E-state index contributed by atoms with van der Waals surface area (Å²) in [6.07, 6.45) is 6.09. The second-order valence-electron chi connectivity index (χ2n) is 9.27. The van der Waals surface area contributed by atoms with Gasteiger partial charge in [0.15, 0.2) is 0 Å². The summed E-state index contributed by atoms with van der Waals surface area (Å²) < 4.78 is 0. The third kappa shape index (κ3) is 3.93. The SMILES string of the molecule is C(=C1CCCP(c2ccccc2)C1(c1ccccc1)c1ccccc1)c1cccc2ccccc12. The van der Waals surface area contributed by atoms with Gasteiger partial charge in [0, 0.05) is 0 Å². The smallest absolute Gasteiger partial charge is 0.0622 e. The van der Waals surface area contributed by atoms with Crippen LogP contribution in [0.1, 0.15) is 29.5 Å². The maximum Gasteiger partial charge on any atom is 0.0653 e. The Morgan fingerprint density at radius 3 is 1.83 bits per heavy atom. The van der Waals surface area contributed by atoms with Gasteiger partial charge >= 0.3 is 0 Å². The summed E-state index contributed by atoms with van der Waals surface area (Å²) in [5, 5.41) is 3.95. The zero-order chi connectivity index (χ0) is 23.5. The van der Waals surface area contributed by atoms with E-state index >= 15 is 0 Å². The fourth-order valence-corrected chi connectivity index (χ4v) is 9.26. The molecule has 1 unspecified atom stereocenters. The zero-order valence-corrected chi connectivity index (χ0v) is 20.7. The van der Waals surface area contributed by atoms with Gasteiger partial charge < -0.3 is 0 Å². The summed E-state index contributed by atoms with van der Waals surface area (Å²) in [6, 6.07) is 49.3. The van der Waals surface area contributed by atoms with Crippen LogP contribution in [0.4, 0.5) is 0 Å². The molecule has 0 amide bonds. The molecule has 1 fully saturated rings. The van der Waals surface area contributed by atoms with Crippen molar-refractivity contribution in [3.05, 3.63) is 156 Å². The number of fused-ring (bicyclic) bond motifs is 1. The van der Waals surface area contributed by atoms with Gasteiger partial charge in [0.1, 0.15) is 0 Å². The van der Waals surface area contributed by atoms with Gasteiger partial charge in [-0.1, -0.05) is 153 Å². The first kappa shape index (κ1) is 22.0. The van der Waals surface area contributed by atoms with Crippen LogP contribution in [0.15, 0.2) is 139 Å². The van der Waals surface area contributed by atoms with E-state index in [9.17, 15) is 0 Å². The fourth-order valence-electron chi connectivity index (χ4n) is 5.83. The molecule has 0 N–H and O–H groups in total. The monoisotopic (exact) mass is 468 g/mol.